The first-order valence-corrected chi connectivity index (χ1v) is 7.92. The van der Waals surface area contributed by atoms with Crippen LogP contribution in [0.4, 0.5) is 5.69 Å². The van der Waals surface area contributed by atoms with Crippen molar-refractivity contribution < 1.29 is 0 Å². The zero-order valence-electron chi connectivity index (χ0n) is 13.0. The highest BCUT2D eigenvalue weighted by Gasteiger charge is 2.19. The maximum absolute atomic E-state index is 9.51. The van der Waals surface area contributed by atoms with Gasteiger partial charge in [-0.2, -0.15) is 5.26 Å². The van der Waals surface area contributed by atoms with Crippen molar-refractivity contribution in [3.63, 3.8) is 0 Å². The van der Waals surface area contributed by atoms with Gasteiger partial charge in [0.1, 0.15) is 0 Å². The monoisotopic (exact) mass is 357 g/mol. The van der Waals surface area contributed by atoms with Gasteiger partial charge in [-0.1, -0.05) is 61.0 Å². The molecule has 0 saturated heterocycles. The third-order valence-corrected chi connectivity index (χ3v) is 4.15. The molecule has 0 aliphatic rings. The summed E-state index contributed by atoms with van der Waals surface area (Å²) in [4.78, 5) is 0. The molecule has 0 bridgehead atoms. The molecular formula is C18H20BrN3. The van der Waals surface area contributed by atoms with Gasteiger partial charge < -0.3 is 0 Å². The minimum atomic E-state index is -0.518. The second kappa shape index (κ2) is 6.51. The summed E-state index contributed by atoms with van der Waals surface area (Å²) < 4.78 is 0.979. The van der Waals surface area contributed by atoms with Crippen molar-refractivity contribution >= 4 is 21.6 Å². The predicted molar refractivity (Wildman–Crippen MR) is 94.3 cm³/mol. The number of nitrogens with two attached hydrogens (primary N) is 1. The Bertz CT molecular complexity index is 663. The second-order valence-electron chi connectivity index (χ2n) is 6.29. The van der Waals surface area contributed by atoms with Crippen molar-refractivity contribution in [3.05, 3.63) is 64.1 Å². The van der Waals surface area contributed by atoms with Crippen LogP contribution >= 0.6 is 15.9 Å². The fraction of sp³-hybridized carbons (Fsp3) is 0.278. The Morgan fingerprint density at radius 3 is 2.05 bits per heavy atom. The van der Waals surface area contributed by atoms with Gasteiger partial charge in [0, 0.05) is 4.47 Å². The molecule has 3 nitrogen and oxygen atoms in total. The lowest BCUT2D eigenvalue weighted by Crippen LogP contribution is -2.34. The van der Waals surface area contributed by atoms with Crippen LogP contribution in [0.25, 0.3) is 0 Å². The van der Waals surface area contributed by atoms with Gasteiger partial charge in [0.15, 0.2) is 6.04 Å². The Labute approximate surface area is 140 Å². The van der Waals surface area contributed by atoms with Crippen LogP contribution < -0.4 is 10.9 Å². The molecule has 0 aliphatic carbocycles. The second-order valence-corrected chi connectivity index (χ2v) is 7.20. The lowest BCUT2D eigenvalue weighted by molar-refractivity contribution is 0.589. The van der Waals surface area contributed by atoms with Crippen LogP contribution in [0.15, 0.2) is 53.0 Å². The van der Waals surface area contributed by atoms with E-state index in [0.717, 1.165) is 15.7 Å². The number of hydrogen-bond acceptors (Lipinski definition) is 3. The number of nitrogens with zero attached hydrogens (tertiary/aromatic N) is 2. The third-order valence-electron chi connectivity index (χ3n) is 3.62. The molecule has 0 aliphatic heterocycles. The lowest BCUT2D eigenvalue weighted by atomic mass is 9.86. The van der Waals surface area contributed by atoms with E-state index in [1.54, 1.807) is 0 Å². The third kappa shape index (κ3) is 3.68. The van der Waals surface area contributed by atoms with E-state index in [1.807, 2.05) is 36.4 Å². The Morgan fingerprint density at radius 1 is 1.05 bits per heavy atom. The molecule has 2 aromatic carbocycles. The minimum Gasteiger partial charge on any atom is -0.289 e. The molecule has 0 spiro atoms. The first-order valence-electron chi connectivity index (χ1n) is 7.12. The van der Waals surface area contributed by atoms with E-state index in [9.17, 15) is 5.26 Å². The van der Waals surface area contributed by atoms with Crippen LogP contribution in [0.1, 0.15) is 37.9 Å². The molecule has 22 heavy (non-hydrogen) atoms. The molecule has 0 fully saturated rings. The smallest absolute Gasteiger partial charge is 0.156 e. The Hall–Kier alpha value is -1.83. The van der Waals surface area contributed by atoms with E-state index in [4.69, 9.17) is 5.84 Å². The van der Waals surface area contributed by atoms with Gasteiger partial charge >= 0.3 is 0 Å². The Balaban J connectivity index is 2.28. The normalized spacial score (nSPS) is 12.5. The SMILES string of the molecule is CC(C)(C)c1ccc(C(C#N)N(N)c2ccc(Br)cc2)cc1. The molecule has 1 atom stereocenters. The summed E-state index contributed by atoms with van der Waals surface area (Å²) in [5, 5.41) is 11.0. The van der Waals surface area contributed by atoms with Gasteiger partial charge in [0.05, 0.1) is 11.8 Å². The summed E-state index contributed by atoms with van der Waals surface area (Å²) in [6, 6.07) is 17.4. The highest BCUT2D eigenvalue weighted by Crippen LogP contribution is 2.28. The zero-order chi connectivity index (χ0) is 16.3. The number of benzene rings is 2. The summed E-state index contributed by atoms with van der Waals surface area (Å²) in [5.41, 5.74) is 3.02. The van der Waals surface area contributed by atoms with Crippen LogP contribution in [0.3, 0.4) is 0 Å². The largest absolute Gasteiger partial charge is 0.289 e. The molecule has 0 radical (unpaired) electrons. The number of hydrogen-bond donors (Lipinski definition) is 1. The molecule has 0 amide bonds. The van der Waals surface area contributed by atoms with Gasteiger partial charge in [-0.05, 0) is 40.8 Å². The first-order chi connectivity index (χ1) is 10.3. The van der Waals surface area contributed by atoms with E-state index in [1.165, 1.54) is 10.6 Å². The average Bonchev–Trinajstić information content (AvgIpc) is 2.48. The van der Waals surface area contributed by atoms with Crippen molar-refractivity contribution in [3.8, 4) is 6.07 Å². The van der Waals surface area contributed by atoms with Crippen molar-refractivity contribution in [1.82, 2.24) is 0 Å². The van der Waals surface area contributed by atoms with Crippen LogP contribution in [0, 0.1) is 11.3 Å². The standard InChI is InChI=1S/C18H20BrN3/c1-18(2,3)14-6-4-13(5-7-14)17(12-20)22(21)16-10-8-15(19)9-11-16/h4-11,17H,21H2,1-3H3. The van der Waals surface area contributed by atoms with E-state index in [0.29, 0.717) is 0 Å². The summed E-state index contributed by atoms with van der Waals surface area (Å²) in [7, 11) is 0. The molecule has 2 N–H and O–H groups in total. The average molecular weight is 358 g/mol. The van der Waals surface area contributed by atoms with E-state index in [-0.39, 0.29) is 5.41 Å². The molecule has 114 valence electrons. The molecule has 2 rings (SSSR count). The van der Waals surface area contributed by atoms with Gasteiger partial charge in [-0.25, -0.2) is 5.84 Å². The van der Waals surface area contributed by atoms with E-state index < -0.39 is 6.04 Å². The number of rotatable bonds is 3. The summed E-state index contributed by atoms with van der Waals surface area (Å²) in [5.74, 6) is 6.15. The highest BCUT2D eigenvalue weighted by molar-refractivity contribution is 9.10. The molecule has 0 aromatic heterocycles. The van der Waals surface area contributed by atoms with E-state index in [2.05, 4.69) is 54.9 Å². The topological polar surface area (TPSA) is 53.0 Å². The fourth-order valence-corrected chi connectivity index (χ4v) is 2.49. The fourth-order valence-electron chi connectivity index (χ4n) is 2.23. The minimum absolute atomic E-state index is 0.0920. The van der Waals surface area contributed by atoms with Crippen molar-refractivity contribution in [2.45, 2.75) is 32.2 Å². The predicted octanol–water partition coefficient (Wildman–Crippen LogP) is 4.69. The number of hydrazine groups is 1. The van der Waals surface area contributed by atoms with Crippen LogP contribution in [-0.2, 0) is 5.41 Å². The van der Waals surface area contributed by atoms with E-state index >= 15 is 0 Å². The van der Waals surface area contributed by atoms with Crippen LogP contribution in [0.2, 0.25) is 0 Å². The summed E-state index contributed by atoms with van der Waals surface area (Å²) >= 11 is 3.40. The molecular weight excluding hydrogens is 338 g/mol. The maximum Gasteiger partial charge on any atom is 0.156 e. The molecule has 1 unspecified atom stereocenters. The molecule has 0 heterocycles. The van der Waals surface area contributed by atoms with Crippen molar-refractivity contribution in [1.29, 1.82) is 5.26 Å². The van der Waals surface area contributed by atoms with Crippen LogP contribution in [0.5, 0.6) is 0 Å². The van der Waals surface area contributed by atoms with Gasteiger partial charge in [-0.15, -0.1) is 0 Å². The maximum atomic E-state index is 9.51. The van der Waals surface area contributed by atoms with Crippen molar-refractivity contribution in [2.75, 3.05) is 5.01 Å². The van der Waals surface area contributed by atoms with Crippen LogP contribution in [-0.4, -0.2) is 0 Å². The quantitative estimate of drug-likeness (QED) is 0.640. The van der Waals surface area contributed by atoms with Gasteiger partial charge in [0.25, 0.3) is 0 Å². The Kier molecular flexibility index (Phi) is 4.90. The highest BCUT2D eigenvalue weighted by atomic mass is 79.9. The van der Waals surface area contributed by atoms with Crippen molar-refractivity contribution in [2.24, 2.45) is 5.84 Å². The Morgan fingerprint density at radius 2 is 1.59 bits per heavy atom. The van der Waals surface area contributed by atoms with Gasteiger partial charge in [-0.3, -0.25) is 5.01 Å². The molecule has 2 aromatic rings. The van der Waals surface area contributed by atoms with Gasteiger partial charge in [0.2, 0.25) is 0 Å². The first kappa shape index (κ1) is 16.5. The summed E-state index contributed by atoms with van der Waals surface area (Å²) in [6.07, 6.45) is 0. The number of anilines is 1. The summed E-state index contributed by atoms with van der Waals surface area (Å²) in [6.45, 7) is 6.50. The molecule has 0 saturated carbocycles. The molecule has 4 heteroatoms. The zero-order valence-corrected chi connectivity index (χ0v) is 14.6. The number of nitriles is 1. The lowest BCUT2D eigenvalue weighted by Gasteiger charge is -2.25. The number of halogens is 1.